The Hall–Kier alpha value is -0.200. The van der Waals surface area contributed by atoms with Crippen molar-refractivity contribution in [3.8, 4) is 0 Å². The fourth-order valence-electron chi connectivity index (χ4n) is 2.92. The van der Waals surface area contributed by atoms with Crippen molar-refractivity contribution in [2.45, 2.75) is 59.5 Å². The molecule has 0 unspecified atom stereocenters. The summed E-state index contributed by atoms with van der Waals surface area (Å²) < 4.78 is 11.3. The quantitative estimate of drug-likeness (QED) is 0.532. The number of hydrogen-bond acceptors (Lipinski definition) is 5. The van der Waals surface area contributed by atoms with E-state index in [1.165, 1.54) is 25.9 Å². The van der Waals surface area contributed by atoms with Gasteiger partial charge in [-0.1, -0.05) is 34.6 Å². The summed E-state index contributed by atoms with van der Waals surface area (Å²) in [6.07, 6.45) is 2.51. The number of ether oxygens (including phenoxy) is 2. The van der Waals surface area contributed by atoms with Crippen LogP contribution in [0.1, 0.15) is 47.5 Å². The number of hydrogen-bond donors (Lipinski definition) is 2. The van der Waals surface area contributed by atoms with E-state index in [2.05, 4.69) is 50.2 Å². The van der Waals surface area contributed by atoms with E-state index in [-0.39, 0.29) is 0 Å². The summed E-state index contributed by atoms with van der Waals surface area (Å²) >= 11 is 0. The maximum absolute atomic E-state index is 5.69. The highest BCUT2D eigenvalue weighted by molar-refractivity contribution is 4.78. The van der Waals surface area contributed by atoms with Crippen LogP contribution in [0.3, 0.4) is 0 Å². The van der Waals surface area contributed by atoms with Gasteiger partial charge in [0.2, 0.25) is 0 Å². The lowest BCUT2D eigenvalue weighted by Gasteiger charge is -2.33. The molecule has 0 spiro atoms. The zero-order valence-corrected chi connectivity index (χ0v) is 16.7. The number of piperidine rings is 1. The van der Waals surface area contributed by atoms with Crippen LogP contribution in [0, 0.1) is 5.41 Å². The van der Waals surface area contributed by atoms with Crippen LogP contribution in [0.15, 0.2) is 0 Å². The Morgan fingerprint density at radius 3 is 2.21 bits per heavy atom. The average molecular weight is 344 g/mol. The summed E-state index contributed by atoms with van der Waals surface area (Å²) in [7, 11) is 0. The maximum atomic E-state index is 5.69. The normalized spacial score (nSPS) is 17.8. The molecule has 0 saturated carbocycles. The minimum atomic E-state index is 0.336. The van der Waals surface area contributed by atoms with Crippen molar-refractivity contribution in [2.75, 3.05) is 59.2 Å². The van der Waals surface area contributed by atoms with Gasteiger partial charge in [0.05, 0.1) is 26.4 Å². The smallest absolute Gasteiger partial charge is 0.0701 e. The third-order valence-electron chi connectivity index (χ3n) is 4.16. The van der Waals surface area contributed by atoms with Gasteiger partial charge in [-0.3, -0.25) is 0 Å². The molecular formula is C19H41N3O2. The van der Waals surface area contributed by atoms with Gasteiger partial charge in [-0.05, 0) is 31.3 Å². The average Bonchev–Trinajstić information content (AvgIpc) is 2.49. The van der Waals surface area contributed by atoms with E-state index >= 15 is 0 Å². The minimum Gasteiger partial charge on any atom is -0.378 e. The van der Waals surface area contributed by atoms with Crippen molar-refractivity contribution in [3.63, 3.8) is 0 Å². The van der Waals surface area contributed by atoms with E-state index < -0.39 is 0 Å². The Balaban J connectivity index is 1.84. The molecule has 1 fully saturated rings. The molecule has 0 bridgehead atoms. The van der Waals surface area contributed by atoms with Crippen molar-refractivity contribution < 1.29 is 9.47 Å². The van der Waals surface area contributed by atoms with Crippen molar-refractivity contribution in [1.29, 1.82) is 0 Å². The van der Waals surface area contributed by atoms with E-state index in [1.807, 2.05) is 0 Å². The van der Waals surface area contributed by atoms with Crippen LogP contribution in [-0.4, -0.2) is 76.1 Å². The Bertz CT molecular complexity index is 297. The van der Waals surface area contributed by atoms with Gasteiger partial charge in [0.15, 0.2) is 0 Å². The summed E-state index contributed by atoms with van der Waals surface area (Å²) in [5.41, 5.74) is 0.336. The molecule has 24 heavy (non-hydrogen) atoms. The fraction of sp³-hybridized carbons (Fsp3) is 1.00. The molecular weight excluding hydrogens is 302 g/mol. The molecule has 5 nitrogen and oxygen atoms in total. The molecule has 0 radical (unpaired) electrons. The van der Waals surface area contributed by atoms with Crippen molar-refractivity contribution in [3.05, 3.63) is 0 Å². The van der Waals surface area contributed by atoms with Gasteiger partial charge in [0.25, 0.3) is 0 Å². The van der Waals surface area contributed by atoms with Crippen LogP contribution in [0.25, 0.3) is 0 Å². The largest absolute Gasteiger partial charge is 0.378 e. The Morgan fingerprint density at radius 2 is 1.62 bits per heavy atom. The predicted octanol–water partition coefficient (Wildman–Crippen LogP) is 2.12. The maximum Gasteiger partial charge on any atom is 0.0701 e. The predicted molar refractivity (Wildman–Crippen MR) is 102 cm³/mol. The highest BCUT2D eigenvalue weighted by Crippen LogP contribution is 2.11. The highest BCUT2D eigenvalue weighted by Gasteiger charge is 2.18. The van der Waals surface area contributed by atoms with Crippen molar-refractivity contribution in [2.24, 2.45) is 5.41 Å². The molecule has 1 saturated heterocycles. The lowest BCUT2D eigenvalue weighted by molar-refractivity contribution is 0.0360. The van der Waals surface area contributed by atoms with Gasteiger partial charge in [-0.2, -0.15) is 0 Å². The molecule has 144 valence electrons. The molecule has 0 aromatic rings. The molecule has 0 aliphatic carbocycles. The zero-order valence-electron chi connectivity index (χ0n) is 16.7. The molecule has 1 heterocycles. The van der Waals surface area contributed by atoms with E-state index in [1.54, 1.807) is 0 Å². The minimum absolute atomic E-state index is 0.336. The number of nitrogens with one attached hydrogen (secondary N) is 2. The fourth-order valence-corrected chi connectivity index (χ4v) is 2.92. The molecule has 1 aliphatic heterocycles. The Kier molecular flexibility index (Phi) is 11.1. The van der Waals surface area contributed by atoms with Gasteiger partial charge in [-0.15, -0.1) is 0 Å². The first-order chi connectivity index (χ1) is 11.4. The van der Waals surface area contributed by atoms with Crippen LogP contribution in [-0.2, 0) is 9.47 Å². The van der Waals surface area contributed by atoms with E-state index in [0.29, 0.717) is 30.7 Å². The lowest BCUT2D eigenvalue weighted by Crippen LogP contribution is -2.45. The monoisotopic (exact) mass is 343 g/mol. The van der Waals surface area contributed by atoms with Gasteiger partial charge < -0.3 is 25.0 Å². The summed E-state index contributed by atoms with van der Waals surface area (Å²) in [6, 6.07) is 1.29. The highest BCUT2D eigenvalue weighted by atomic mass is 16.5. The Morgan fingerprint density at radius 1 is 1.00 bits per heavy atom. The first kappa shape index (κ1) is 21.8. The molecule has 5 heteroatoms. The first-order valence-corrected chi connectivity index (χ1v) is 9.71. The van der Waals surface area contributed by atoms with Gasteiger partial charge in [-0.25, -0.2) is 0 Å². The topological polar surface area (TPSA) is 45.8 Å². The van der Waals surface area contributed by atoms with Crippen molar-refractivity contribution >= 4 is 0 Å². The molecule has 0 aromatic heterocycles. The first-order valence-electron chi connectivity index (χ1n) is 9.71. The van der Waals surface area contributed by atoms with Crippen LogP contribution >= 0.6 is 0 Å². The van der Waals surface area contributed by atoms with E-state index in [9.17, 15) is 0 Å². The van der Waals surface area contributed by atoms with Gasteiger partial charge in [0.1, 0.15) is 0 Å². The summed E-state index contributed by atoms with van der Waals surface area (Å²) in [4.78, 5) is 2.51. The second-order valence-electron chi connectivity index (χ2n) is 8.40. The third kappa shape index (κ3) is 12.2. The van der Waals surface area contributed by atoms with E-state index in [4.69, 9.17) is 9.47 Å². The Labute approximate surface area is 149 Å². The molecule has 2 N–H and O–H groups in total. The molecule has 0 amide bonds. The zero-order chi connectivity index (χ0) is 17.8. The number of rotatable bonds is 12. The second-order valence-corrected chi connectivity index (χ2v) is 8.40. The van der Waals surface area contributed by atoms with Gasteiger partial charge >= 0.3 is 0 Å². The van der Waals surface area contributed by atoms with Crippen LogP contribution < -0.4 is 10.6 Å². The van der Waals surface area contributed by atoms with Gasteiger partial charge in [0, 0.05) is 31.7 Å². The third-order valence-corrected chi connectivity index (χ3v) is 4.16. The second kappa shape index (κ2) is 12.2. The summed E-state index contributed by atoms with van der Waals surface area (Å²) in [5, 5.41) is 7.04. The van der Waals surface area contributed by atoms with Crippen molar-refractivity contribution in [1.82, 2.24) is 15.5 Å². The SMILES string of the molecule is CC(C)NC1CCN(CCOCCOCCNCC(C)(C)C)CC1. The molecule has 0 atom stereocenters. The molecule has 1 rings (SSSR count). The standard InChI is InChI=1S/C19H41N3O2/c1-17(2)21-18-6-9-22(10-7-18)11-13-24-15-14-23-12-8-20-16-19(3,4)5/h17-18,20-21H,6-16H2,1-5H3. The lowest BCUT2D eigenvalue weighted by atomic mass is 9.97. The van der Waals surface area contributed by atoms with E-state index in [0.717, 1.165) is 32.8 Å². The summed E-state index contributed by atoms with van der Waals surface area (Å²) in [6.45, 7) is 19.5. The number of likely N-dealkylation sites (tertiary alicyclic amines) is 1. The summed E-state index contributed by atoms with van der Waals surface area (Å²) in [5.74, 6) is 0. The van der Waals surface area contributed by atoms with Crippen LogP contribution in [0.5, 0.6) is 0 Å². The number of nitrogens with zero attached hydrogens (tertiary/aromatic N) is 1. The van der Waals surface area contributed by atoms with Crippen LogP contribution in [0.2, 0.25) is 0 Å². The molecule has 1 aliphatic rings. The molecule has 0 aromatic carbocycles. The van der Waals surface area contributed by atoms with Crippen LogP contribution in [0.4, 0.5) is 0 Å².